The van der Waals surface area contributed by atoms with Crippen molar-refractivity contribution in [3.63, 3.8) is 0 Å². The summed E-state index contributed by atoms with van der Waals surface area (Å²) >= 11 is 0. The average molecular weight is 389 g/mol. The highest BCUT2D eigenvalue weighted by atomic mass is 16.5. The molecule has 3 rings (SSSR count). The number of nitrogens with one attached hydrogen (secondary N) is 1. The third-order valence-electron chi connectivity index (χ3n) is 5.87. The van der Waals surface area contributed by atoms with Crippen LogP contribution in [0.3, 0.4) is 0 Å². The van der Waals surface area contributed by atoms with Crippen molar-refractivity contribution in [2.75, 3.05) is 27.3 Å². The van der Waals surface area contributed by atoms with E-state index < -0.39 is 5.54 Å². The van der Waals surface area contributed by atoms with Crippen LogP contribution in [0.1, 0.15) is 49.7 Å². The molecule has 1 aromatic carbocycles. The Morgan fingerprint density at radius 1 is 1.14 bits per heavy atom. The topological polar surface area (TPSA) is 93.9 Å². The highest BCUT2D eigenvalue weighted by Crippen LogP contribution is 2.33. The Hall–Kier alpha value is -2.28. The maximum atomic E-state index is 12.6. The fourth-order valence-corrected chi connectivity index (χ4v) is 4.10. The second kappa shape index (κ2) is 8.82. The molecule has 1 aliphatic heterocycles. The number of amides is 2. The summed E-state index contributed by atoms with van der Waals surface area (Å²) in [6, 6.07) is 3.95. The van der Waals surface area contributed by atoms with Crippen molar-refractivity contribution in [1.29, 1.82) is 0 Å². The molecule has 0 atom stereocenters. The highest BCUT2D eigenvalue weighted by molar-refractivity contribution is 5.86. The number of nitrogens with zero attached hydrogens (tertiary/aromatic N) is 1. The Bertz CT molecular complexity index is 729. The van der Waals surface area contributed by atoms with Gasteiger partial charge in [0.05, 0.1) is 19.8 Å². The number of carbonyl (C=O) groups is 2. The summed E-state index contributed by atoms with van der Waals surface area (Å²) < 4.78 is 10.7. The van der Waals surface area contributed by atoms with Crippen LogP contribution in [0.2, 0.25) is 0 Å². The molecule has 0 spiro atoms. The lowest BCUT2D eigenvalue weighted by molar-refractivity contribution is -0.132. The van der Waals surface area contributed by atoms with E-state index >= 15 is 0 Å². The van der Waals surface area contributed by atoms with Crippen LogP contribution >= 0.6 is 0 Å². The van der Waals surface area contributed by atoms with E-state index in [1.807, 2.05) is 17.0 Å². The molecule has 0 unspecified atom stereocenters. The third kappa shape index (κ3) is 4.41. The summed E-state index contributed by atoms with van der Waals surface area (Å²) in [4.78, 5) is 26.7. The number of methoxy groups -OCH3 is 2. The van der Waals surface area contributed by atoms with Crippen LogP contribution in [0.15, 0.2) is 12.1 Å². The van der Waals surface area contributed by atoms with Gasteiger partial charge in [-0.15, -0.1) is 0 Å². The molecule has 154 valence electrons. The van der Waals surface area contributed by atoms with E-state index in [9.17, 15) is 9.59 Å². The van der Waals surface area contributed by atoms with Crippen molar-refractivity contribution in [1.82, 2.24) is 10.2 Å². The number of nitrogens with two attached hydrogens (primary N) is 1. The number of hydrogen-bond donors (Lipinski definition) is 2. The van der Waals surface area contributed by atoms with Gasteiger partial charge in [-0.05, 0) is 48.9 Å². The second-order valence-electron chi connectivity index (χ2n) is 7.76. The van der Waals surface area contributed by atoms with Crippen molar-refractivity contribution in [3.05, 3.63) is 23.3 Å². The summed E-state index contributed by atoms with van der Waals surface area (Å²) in [6.45, 7) is 1.76. The molecule has 3 N–H and O–H groups in total. The predicted octanol–water partition coefficient (Wildman–Crippen LogP) is 1.76. The first-order chi connectivity index (χ1) is 13.5. The van der Waals surface area contributed by atoms with Gasteiger partial charge in [0.1, 0.15) is 0 Å². The smallest absolute Gasteiger partial charge is 0.240 e. The summed E-state index contributed by atoms with van der Waals surface area (Å²) in [6.07, 6.45) is 5.35. The minimum atomic E-state index is -0.708. The van der Waals surface area contributed by atoms with Crippen LogP contribution < -0.4 is 20.5 Å². The summed E-state index contributed by atoms with van der Waals surface area (Å²) in [5.41, 5.74) is 7.72. The van der Waals surface area contributed by atoms with E-state index in [0.717, 1.165) is 43.4 Å². The number of ether oxygens (including phenoxy) is 2. The lowest BCUT2D eigenvalue weighted by Gasteiger charge is -2.30. The standard InChI is InChI=1S/C21H31N3O4/c1-27-17-12-15-7-11-24(14-16(15)13-18(17)28-2)19(25)6-5-10-23-20(26)21(22)8-3-4-9-21/h12-13H,3-11,14,22H2,1-2H3,(H,23,26). The third-order valence-corrected chi connectivity index (χ3v) is 5.87. The molecule has 28 heavy (non-hydrogen) atoms. The first-order valence-corrected chi connectivity index (χ1v) is 10.1. The van der Waals surface area contributed by atoms with Crippen LogP contribution in [0.25, 0.3) is 0 Å². The lowest BCUT2D eigenvalue weighted by Crippen LogP contribution is -2.52. The van der Waals surface area contributed by atoms with Gasteiger partial charge < -0.3 is 25.4 Å². The summed E-state index contributed by atoms with van der Waals surface area (Å²) in [7, 11) is 3.24. The molecule has 1 saturated carbocycles. The predicted molar refractivity (Wildman–Crippen MR) is 106 cm³/mol. The van der Waals surface area contributed by atoms with E-state index in [1.165, 1.54) is 5.56 Å². The lowest BCUT2D eigenvalue weighted by atomic mass is 9.98. The second-order valence-corrected chi connectivity index (χ2v) is 7.76. The SMILES string of the molecule is COc1cc2c(cc1OC)CN(C(=O)CCCNC(=O)C1(N)CCCC1)CC2. The summed E-state index contributed by atoms with van der Waals surface area (Å²) in [5, 5.41) is 2.90. The molecule has 1 aliphatic carbocycles. The van der Waals surface area contributed by atoms with E-state index in [4.69, 9.17) is 15.2 Å². The van der Waals surface area contributed by atoms with Crippen molar-refractivity contribution in [3.8, 4) is 11.5 Å². The monoisotopic (exact) mass is 389 g/mol. The maximum absolute atomic E-state index is 12.6. The van der Waals surface area contributed by atoms with Gasteiger partial charge in [-0.3, -0.25) is 9.59 Å². The van der Waals surface area contributed by atoms with Gasteiger partial charge in [-0.2, -0.15) is 0 Å². The van der Waals surface area contributed by atoms with E-state index in [0.29, 0.717) is 38.2 Å². The van der Waals surface area contributed by atoms with Gasteiger partial charge in [-0.1, -0.05) is 12.8 Å². The molecule has 0 saturated heterocycles. The Kier molecular flexibility index (Phi) is 6.44. The zero-order chi connectivity index (χ0) is 20.1. The molecule has 1 fully saturated rings. The van der Waals surface area contributed by atoms with Crippen LogP contribution in [-0.2, 0) is 22.6 Å². The van der Waals surface area contributed by atoms with Gasteiger partial charge in [-0.25, -0.2) is 0 Å². The van der Waals surface area contributed by atoms with Crippen LogP contribution in [-0.4, -0.2) is 49.6 Å². The molecule has 1 aromatic rings. The average Bonchev–Trinajstić information content (AvgIpc) is 3.17. The molecule has 0 aromatic heterocycles. The molecule has 7 nitrogen and oxygen atoms in total. The molecule has 2 aliphatic rings. The molecular weight excluding hydrogens is 358 g/mol. The zero-order valence-corrected chi connectivity index (χ0v) is 16.9. The van der Waals surface area contributed by atoms with Gasteiger partial charge in [0.2, 0.25) is 11.8 Å². The largest absolute Gasteiger partial charge is 0.493 e. The first kappa shape index (κ1) is 20.5. The number of carbonyl (C=O) groups excluding carboxylic acids is 2. The number of benzene rings is 1. The Morgan fingerprint density at radius 3 is 2.43 bits per heavy atom. The Balaban J connectivity index is 1.47. The van der Waals surface area contributed by atoms with Gasteiger partial charge >= 0.3 is 0 Å². The highest BCUT2D eigenvalue weighted by Gasteiger charge is 2.36. The van der Waals surface area contributed by atoms with Crippen molar-refractivity contribution >= 4 is 11.8 Å². The van der Waals surface area contributed by atoms with E-state index in [1.54, 1.807) is 14.2 Å². The Morgan fingerprint density at radius 2 is 1.79 bits per heavy atom. The quantitative estimate of drug-likeness (QED) is 0.693. The molecule has 0 bridgehead atoms. The van der Waals surface area contributed by atoms with Crippen LogP contribution in [0.5, 0.6) is 11.5 Å². The molecule has 7 heteroatoms. The molecule has 1 heterocycles. The zero-order valence-electron chi connectivity index (χ0n) is 16.9. The van der Waals surface area contributed by atoms with Crippen molar-refractivity contribution in [2.24, 2.45) is 5.73 Å². The minimum absolute atomic E-state index is 0.0783. The minimum Gasteiger partial charge on any atom is -0.493 e. The number of fused-ring (bicyclic) bond motifs is 1. The number of rotatable bonds is 7. The fourth-order valence-electron chi connectivity index (χ4n) is 4.10. The fraction of sp³-hybridized carbons (Fsp3) is 0.619. The van der Waals surface area contributed by atoms with E-state index in [2.05, 4.69) is 5.32 Å². The van der Waals surface area contributed by atoms with Crippen LogP contribution in [0, 0.1) is 0 Å². The van der Waals surface area contributed by atoms with Gasteiger partial charge in [0.25, 0.3) is 0 Å². The summed E-state index contributed by atoms with van der Waals surface area (Å²) in [5.74, 6) is 1.43. The van der Waals surface area contributed by atoms with Crippen molar-refractivity contribution in [2.45, 2.75) is 57.0 Å². The van der Waals surface area contributed by atoms with Crippen LogP contribution in [0.4, 0.5) is 0 Å². The first-order valence-electron chi connectivity index (χ1n) is 10.1. The number of hydrogen-bond acceptors (Lipinski definition) is 5. The molecule has 0 radical (unpaired) electrons. The van der Waals surface area contributed by atoms with Gasteiger partial charge in [0.15, 0.2) is 11.5 Å². The molecular formula is C21H31N3O4. The maximum Gasteiger partial charge on any atom is 0.240 e. The Labute approximate surface area is 166 Å². The van der Waals surface area contributed by atoms with Crippen molar-refractivity contribution < 1.29 is 19.1 Å². The molecule has 2 amide bonds. The normalized spacial score (nSPS) is 17.8. The van der Waals surface area contributed by atoms with Gasteiger partial charge in [0, 0.05) is 26.1 Å². The van der Waals surface area contributed by atoms with E-state index in [-0.39, 0.29) is 11.8 Å².